The van der Waals surface area contributed by atoms with Crippen LogP contribution in [0.15, 0.2) is 66.9 Å². The van der Waals surface area contributed by atoms with Gasteiger partial charge >= 0.3 is 0 Å². The largest absolute Gasteiger partial charge is 0.496 e. The van der Waals surface area contributed by atoms with Crippen LogP contribution in [-0.4, -0.2) is 34.9 Å². The molecular weight excluding hydrogens is 414 g/mol. The van der Waals surface area contributed by atoms with E-state index in [-0.39, 0.29) is 24.4 Å². The summed E-state index contributed by atoms with van der Waals surface area (Å²) in [5.41, 5.74) is 2.86. The summed E-state index contributed by atoms with van der Waals surface area (Å²) in [6.45, 7) is 2.51. The molecule has 0 spiro atoms. The van der Waals surface area contributed by atoms with Crippen LogP contribution in [0, 0.1) is 0 Å². The molecule has 0 saturated carbocycles. The second kappa shape index (κ2) is 8.62. The zero-order valence-electron chi connectivity index (χ0n) is 18.9. The fourth-order valence-electron chi connectivity index (χ4n) is 5.05. The number of carbonyl (C=O) groups excluding carboxylic acids is 2. The molecule has 1 aliphatic rings. The number of fused-ring (bicyclic) bond motifs is 2. The van der Waals surface area contributed by atoms with Crippen molar-refractivity contribution in [2.45, 2.75) is 32.4 Å². The highest BCUT2D eigenvalue weighted by molar-refractivity contribution is 6.01. The third-order valence-corrected chi connectivity index (χ3v) is 6.50. The number of methoxy groups -OCH3 is 1. The highest BCUT2D eigenvalue weighted by Gasteiger charge is 2.31. The number of carbonyl (C=O) groups is 2. The van der Waals surface area contributed by atoms with Crippen molar-refractivity contribution in [3.05, 3.63) is 72.4 Å². The molecule has 33 heavy (non-hydrogen) atoms. The smallest absolute Gasteiger partial charge is 0.243 e. The van der Waals surface area contributed by atoms with Gasteiger partial charge < -0.3 is 19.5 Å². The lowest BCUT2D eigenvalue weighted by atomic mass is 9.96. The molecule has 168 valence electrons. The Morgan fingerprint density at radius 2 is 1.82 bits per heavy atom. The third kappa shape index (κ3) is 3.82. The summed E-state index contributed by atoms with van der Waals surface area (Å²) < 4.78 is 7.52. The molecule has 0 radical (unpaired) electrons. The van der Waals surface area contributed by atoms with E-state index in [1.54, 1.807) is 7.11 Å². The zero-order valence-corrected chi connectivity index (χ0v) is 18.9. The minimum atomic E-state index is -0.113. The molecule has 1 N–H and O–H groups in total. The Morgan fingerprint density at radius 1 is 1.00 bits per heavy atom. The Morgan fingerprint density at radius 3 is 2.61 bits per heavy atom. The molecule has 1 aromatic heterocycles. The van der Waals surface area contributed by atoms with Crippen molar-refractivity contribution in [2.75, 3.05) is 19.0 Å². The van der Waals surface area contributed by atoms with E-state index in [1.165, 1.54) is 12.5 Å². The number of ether oxygens (including phenoxy) is 1. The van der Waals surface area contributed by atoms with E-state index >= 15 is 0 Å². The predicted molar refractivity (Wildman–Crippen MR) is 130 cm³/mol. The minimum absolute atomic E-state index is 0.0464. The van der Waals surface area contributed by atoms with E-state index in [9.17, 15) is 9.59 Å². The second-order valence-electron chi connectivity index (χ2n) is 8.51. The molecular formula is C27H27N3O3. The minimum Gasteiger partial charge on any atom is -0.496 e. The van der Waals surface area contributed by atoms with Gasteiger partial charge in [-0.2, -0.15) is 0 Å². The van der Waals surface area contributed by atoms with Gasteiger partial charge in [-0.3, -0.25) is 9.59 Å². The molecule has 0 bridgehead atoms. The number of anilines is 1. The van der Waals surface area contributed by atoms with Crippen LogP contribution < -0.4 is 10.1 Å². The molecule has 1 fully saturated rings. The number of nitrogens with one attached hydrogen (secondary N) is 1. The van der Waals surface area contributed by atoms with Crippen LogP contribution in [0.1, 0.15) is 31.4 Å². The molecule has 6 heteroatoms. The topological polar surface area (TPSA) is 63.6 Å². The summed E-state index contributed by atoms with van der Waals surface area (Å²) in [5.74, 6) is 0.830. The molecule has 2 amide bonds. The van der Waals surface area contributed by atoms with Gasteiger partial charge in [0.2, 0.25) is 11.8 Å². The van der Waals surface area contributed by atoms with Crippen molar-refractivity contribution < 1.29 is 14.3 Å². The molecule has 1 atom stereocenters. The van der Waals surface area contributed by atoms with E-state index in [0.717, 1.165) is 52.5 Å². The van der Waals surface area contributed by atoms with Crippen LogP contribution in [0.25, 0.3) is 21.7 Å². The van der Waals surface area contributed by atoms with Gasteiger partial charge in [-0.05, 0) is 48.1 Å². The summed E-state index contributed by atoms with van der Waals surface area (Å²) in [4.78, 5) is 27.0. The van der Waals surface area contributed by atoms with E-state index < -0.39 is 0 Å². The molecule has 2 heterocycles. The van der Waals surface area contributed by atoms with E-state index in [0.29, 0.717) is 0 Å². The van der Waals surface area contributed by atoms with Gasteiger partial charge in [0.15, 0.2) is 0 Å². The summed E-state index contributed by atoms with van der Waals surface area (Å²) in [6, 6.07) is 20.1. The maximum atomic E-state index is 13.5. The number of likely N-dealkylation sites (tertiary alicyclic amines) is 1. The van der Waals surface area contributed by atoms with E-state index in [2.05, 4.69) is 23.5 Å². The molecule has 5 rings (SSSR count). The van der Waals surface area contributed by atoms with Gasteiger partial charge in [0.05, 0.1) is 24.4 Å². The first kappa shape index (κ1) is 21.1. The fraction of sp³-hybridized carbons (Fsp3) is 0.259. The maximum Gasteiger partial charge on any atom is 0.243 e. The summed E-state index contributed by atoms with van der Waals surface area (Å²) in [5, 5.41) is 6.00. The average Bonchev–Trinajstić information content (AvgIpc) is 3.46. The number of rotatable bonds is 5. The summed E-state index contributed by atoms with van der Waals surface area (Å²) >= 11 is 0. The van der Waals surface area contributed by atoms with E-state index in [1.807, 2.05) is 58.1 Å². The second-order valence-corrected chi connectivity index (χ2v) is 8.51. The van der Waals surface area contributed by atoms with Crippen molar-refractivity contribution in [1.82, 2.24) is 9.47 Å². The summed E-state index contributed by atoms with van der Waals surface area (Å²) in [7, 11) is 1.69. The number of amides is 2. The lowest BCUT2D eigenvalue weighted by Gasteiger charge is -2.27. The first-order valence-corrected chi connectivity index (χ1v) is 11.3. The first-order chi connectivity index (χ1) is 16.1. The first-order valence-electron chi connectivity index (χ1n) is 11.3. The van der Waals surface area contributed by atoms with E-state index in [4.69, 9.17) is 4.74 Å². The van der Waals surface area contributed by atoms with Crippen molar-refractivity contribution in [2.24, 2.45) is 0 Å². The number of aromatic nitrogens is 1. The van der Waals surface area contributed by atoms with Gasteiger partial charge in [-0.1, -0.05) is 36.4 Å². The fourth-order valence-corrected chi connectivity index (χ4v) is 5.05. The van der Waals surface area contributed by atoms with Gasteiger partial charge in [-0.25, -0.2) is 0 Å². The third-order valence-electron chi connectivity index (χ3n) is 6.50. The zero-order chi connectivity index (χ0) is 22.9. The average molecular weight is 442 g/mol. The molecule has 6 nitrogen and oxygen atoms in total. The quantitative estimate of drug-likeness (QED) is 0.467. The molecule has 3 aromatic carbocycles. The van der Waals surface area contributed by atoms with Gasteiger partial charge in [0.1, 0.15) is 12.3 Å². The van der Waals surface area contributed by atoms with Crippen LogP contribution in [0.2, 0.25) is 0 Å². The Bertz CT molecular complexity index is 1360. The highest BCUT2D eigenvalue weighted by Crippen LogP contribution is 2.39. The van der Waals surface area contributed by atoms with Gasteiger partial charge in [0.25, 0.3) is 0 Å². The molecule has 1 unspecified atom stereocenters. The standard InChI is InChI=1S/C27H27N3O3/c1-18(31)28-23-9-5-10-24-22(23)14-16-29(24)17-27(32)30-15-6-11-25(30)20-12-13-26(33-2)21-8-4-3-7-19(20)21/h3-5,7-10,12-14,16,25H,6,11,15,17H2,1-2H3,(H,28,31). The monoisotopic (exact) mass is 441 g/mol. The Labute approximate surface area is 192 Å². The van der Waals surface area contributed by atoms with Crippen molar-refractivity contribution >= 4 is 39.2 Å². The van der Waals surface area contributed by atoms with Crippen LogP contribution in [0.5, 0.6) is 5.75 Å². The van der Waals surface area contributed by atoms with Crippen LogP contribution in [0.3, 0.4) is 0 Å². The van der Waals surface area contributed by atoms with Crippen molar-refractivity contribution in [3.63, 3.8) is 0 Å². The van der Waals surface area contributed by atoms with Gasteiger partial charge in [0, 0.05) is 30.4 Å². The van der Waals surface area contributed by atoms with Crippen LogP contribution >= 0.6 is 0 Å². The Hall–Kier alpha value is -3.80. The normalized spacial score (nSPS) is 15.8. The number of nitrogens with zero attached hydrogens (tertiary/aromatic N) is 2. The number of benzene rings is 3. The molecule has 1 saturated heterocycles. The number of hydrogen-bond donors (Lipinski definition) is 1. The Kier molecular flexibility index (Phi) is 5.50. The van der Waals surface area contributed by atoms with Crippen molar-refractivity contribution in [1.29, 1.82) is 0 Å². The predicted octanol–water partition coefficient (Wildman–Crippen LogP) is 5.13. The van der Waals surface area contributed by atoms with Crippen molar-refractivity contribution in [3.8, 4) is 5.75 Å². The lowest BCUT2D eigenvalue weighted by molar-refractivity contribution is -0.132. The van der Waals surface area contributed by atoms with Gasteiger partial charge in [-0.15, -0.1) is 0 Å². The number of hydrogen-bond acceptors (Lipinski definition) is 3. The highest BCUT2D eigenvalue weighted by atomic mass is 16.5. The SMILES string of the molecule is COc1ccc(C2CCCN2C(=O)Cn2ccc3c(NC(C)=O)cccc32)c2ccccc12. The Balaban J connectivity index is 1.44. The summed E-state index contributed by atoms with van der Waals surface area (Å²) in [6.07, 6.45) is 3.85. The van der Waals surface area contributed by atoms with Crippen LogP contribution in [-0.2, 0) is 16.1 Å². The van der Waals surface area contributed by atoms with Crippen LogP contribution in [0.4, 0.5) is 5.69 Å². The molecule has 0 aliphatic carbocycles. The molecule has 1 aliphatic heterocycles. The molecule has 4 aromatic rings. The maximum absolute atomic E-state index is 13.5. The lowest BCUT2D eigenvalue weighted by Crippen LogP contribution is -2.33.